The lowest BCUT2D eigenvalue weighted by atomic mass is 10.3. The van der Waals surface area contributed by atoms with E-state index in [9.17, 15) is 0 Å². The number of aryl methyl sites for hydroxylation is 1. The van der Waals surface area contributed by atoms with Gasteiger partial charge >= 0.3 is 0 Å². The maximum absolute atomic E-state index is 5.50. The van der Waals surface area contributed by atoms with E-state index in [-0.39, 0.29) is 0 Å². The molecule has 1 rings (SSSR count). The van der Waals surface area contributed by atoms with Crippen molar-refractivity contribution in [2.75, 3.05) is 6.54 Å². The summed E-state index contributed by atoms with van der Waals surface area (Å²) in [5, 5.41) is 3.25. The van der Waals surface area contributed by atoms with Crippen molar-refractivity contribution in [1.82, 2.24) is 10.3 Å². The first-order valence-corrected chi connectivity index (χ1v) is 5.01. The van der Waals surface area contributed by atoms with E-state index >= 15 is 0 Å². The van der Waals surface area contributed by atoms with Crippen molar-refractivity contribution in [2.24, 2.45) is 0 Å². The second-order valence-corrected chi connectivity index (χ2v) is 3.15. The average molecular weight is 182 g/mol. The molecule has 0 saturated carbocycles. The topological polar surface area (TPSA) is 38.1 Å². The van der Waals surface area contributed by atoms with E-state index < -0.39 is 0 Å². The summed E-state index contributed by atoms with van der Waals surface area (Å²) in [4.78, 5) is 4.18. The van der Waals surface area contributed by atoms with Crippen LogP contribution in [0.25, 0.3) is 0 Å². The fourth-order valence-electron chi connectivity index (χ4n) is 1.16. The van der Waals surface area contributed by atoms with Gasteiger partial charge in [0.1, 0.15) is 5.76 Å². The van der Waals surface area contributed by atoms with Crippen LogP contribution in [0.1, 0.15) is 38.3 Å². The van der Waals surface area contributed by atoms with E-state index in [0.29, 0.717) is 0 Å². The summed E-state index contributed by atoms with van der Waals surface area (Å²) in [7, 11) is 0. The van der Waals surface area contributed by atoms with Gasteiger partial charge in [-0.25, -0.2) is 4.98 Å². The van der Waals surface area contributed by atoms with Crippen molar-refractivity contribution >= 4 is 0 Å². The molecular weight excluding hydrogens is 164 g/mol. The number of oxazole rings is 1. The molecule has 0 aromatic carbocycles. The van der Waals surface area contributed by atoms with Crippen molar-refractivity contribution in [3.8, 4) is 0 Å². The quantitative estimate of drug-likeness (QED) is 0.685. The van der Waals surface area contributed by atoms with E-state index in [2.05, 4.69) is 24.1 Å². The van der Waals surface area contributed by atoms with Gasteiger partial charge in [0, 0.05) is 6.42 Å². The molecule has 0 aliphatic heterocycles. The van der Waals surface area contributed by atoms with Gasteiger partial charge in [0.15, 0.2) is 0 Å². The molecule has 0 aliphatic rings. The van der Waals surface area contributed by atoms with Crippen LogP contribution in [0.5, 0.6) is 0 Å². The predicted octanol–water partition coefficient (Wildman–Crippen LogP) is 2.13. The fraction of sp³-hybridized carbons (Fsp3) is 0.700. The van der Waals surface area contributed by atoms with Gasteiger partial charge in [-0.2, -0.15) is 0 Å². The Kier molecular flexibility index (Phi) is 4.54. The van der Waals surface area contributed by atoms with E-state index in [1.54, 1.807) is 0 Å². The minimum absolute atomic E-state index is 0.748. The second-order valence-electron chi connectivity index (χ2n) is 3.15. The van der Waals surface area contributed by atoms with Gasteiger partial charge in [0.25, 0.3) is 0 Å². The third-order valence-corrected chi connectivity index (χ3v) is 1.80. The number of aromatic nitrogens is 1. The third-order valence-electron chi connectivity index (χ3n) is 1.80. The summed E-state index contributed by atoms with van der Waals surface area (Å²) in [6, 6.07) is 0. The zero-order chi connectivity index (χ0) is 9.52. The second kappa shape index (κ2) is 5.75. The molecule has 0 radical (unpaired) electrons. The number of nitrogens with zero attached hydrogens (tertiary/aromatic N) is 1. The van der Waals surface area contributed by atoms with Crippen LogP contribution in [0.15, 0.2) is 10.6 Å². The highest BCUT2D eigenvalue weighted by atomic mass is 16.4. The van der Waals surface area contributed by atoms with Crippen LogP contribution in [0, 0.1) is 0 Å². The largest absolute Gasteiger partial charge is 0.444 e. The number of nitrogens with one attached hydrogen (secondary N) is 1. The molecular formula is C10H18N2O. The average Bonchev–Trinajstić information content (AvgIpc) is 2.54. The van der Waals surface area contributed by atoms with Crippen LogP contribution < -0.4 is 5.32 Å². The Labute approximate surface area is 79.5 Å². The zero-order valence-corrected chi connectivity index (χ0v) is 8.47. The highest BCUT2D eigenvalue weighted by Crippen LogP contribution is 2.05. The lowest BCUT2D eigenvalue weighted by Crippen LogP contribution is -2.13. The molecule has 1 heterocycles. The molecule has 0 fully saturated rings. The van der Waals surface area contributed by atoms with Crippen molar-refractivity contribution in [2.45, 2.75) is 39.7 Å². The molecule has 0 unspecified atom stereocenters. The third kappa shape index (κ3) is 3.59. The van der Waals surface area contributed by atoms with E-state index in [1.165, 1.54) is 0 Å². The van der Waals surface area contributed by atoms with Gasteiger partial charge in [0.05, 0.1) is 12.7 Å². The number of hydrogen-bond donors (Lipinski definition) is 1. The summed E-state index contributed by atoms with van der Waals surface area (Å²) < 4.78 is 5.50. The first kappa shape index (κ1) is 10.3. The Bertz CT molecular complexity index is 233. The zero-order valence-electron chi connectivity index (χ0n) is 8.47. The van der Waals surface area contributed by atoms with Crippen LogP contribution in [-0.4, -0.2) is 11.5 Å². The molecule has 1 N–H and O–H groups in total. The molecule has 0 amide bonds. The minimum Gasteiger partial charge on any atom is -0.444 e. The van der Waals surface area contributed by atoms with Gasteiger partial charge in [-0.3, -0.25) is 0 Å². The van der Waals surface area contributed by atoms with Crippen LogP contribution in [0.3, 0.4) is 0 Å². The molecule has 0 spiro atoms. The maximum atomic E-state index is 5.50. The molecule has 0 saturated heterocycles. The van der Waals surface area contributed by atoms with Crippen LogP contribution in [-0.2, 0) is 13.0 Å². The number of hydrogen-bond acceptors (Lipinski definition) is 3. The summed E-state index contributed by atoms with van der Waals surface area (Å²) in [6.45, 7) is 6.05. The minimum atomic E-state index is 0.748. The Morgan fingerprint density at radius 2 is 2.23 bits per heavy atom. The summed E-state index contributed by atoms with van der Waals surface area (Å²) in [6.07, 6.45) is 5.06. The molecule has 74 valence electrons. The number of rotatable bonds is 6. The van der Waals surface area contributed by atoms with E-state index in [0.717, 1.165) is 44.0 Å². The Hall–Kier alpha value is -0.830. The van der Waals surface area contributed by atoms with Gasteiger partial charge in [-0.1, -0.05) is 13.8 Å². The molecule has 0 aliphatic carbocycles. The summed E-state index contributed by atoms with van der Waals surface area (Å²) in [5.41, 5.74) is 0. The van der Waals surface area contributed by atoms with Gasteiger partial charge in [-0.05, 0) is 19.4 Å². The van der Waals surface area contributed by atoms with E-state index in [1.807, 2.05) is 6.20 Å². The van der Waals surface area contributed by atoms with Gasteiger partial charge in [0.2, 0.25) is 5.89 Å². The normalized spacial score (nSPS) is 10.6. The summed E-state index contributed by atoms with van der Waals surface area (Å²) in [5.74, 6) is 1.80. The van der Waals surface area contributed by atoms with Gasteiger partial charge < -0.3 is 9.73 Å². The smallest absolute Gasteiger partial charge is 0.208 e. The maximum Gasteiger partial charge on any atom is 0.208 e. The fourth-order valence-corrected chi connectivity index (χ4v) is 1.16. The van der Waals surface area contributed by atoms with Gasteiger partial charge in [-0.15, -0.1) is 0 Å². The monoisotopic (exact) mass is 182 g/mol. The molecule has 3 nitrogen and oxygen atoms in total. The first-order chi connectivity index (χ1) is 6.36. The predicted molar refractivity (Wildman–Crippen MR) is 52.5 cm³/mol. The van der Waals surface area contributed by atoms with Crippen LogP contribution in [0.2, 0.25) is 0 Å². The lowest BCUT2D eigenvalue weighted by Gasteiger charge is -1.97. The van der Waals surface area contributed by atoms with Crippen LogP contribution in [0.4, 0.5) is 0 Å². The lowest BCUT2D eigenvalue weighted by molar-refractivity contribution is 0.434. The molecule has 1 aromatic rings. The first-order valence-electron chi connectivity index (χ1n) is 5.01. The van der Waals surface area contributed by atoms with Crippen molar-refractivity contribution in [1.29, 1.82) is 0 Å². The van der Waals surface area contributed by atoms with Crippen LogP contribution >= 0.6 is 0 Å². The molecule has 13 heavy (non-hydrogen) atoms. The van der Waals surface area contributed by atoms with Crippen molar-refractivity contribution in [3.63, 3.8) is 0 Å². The SMILES string of the molecule is CCCNCc1ncc(CCC)o1. The Morgan fingerprint density at radius 1 is 1.38 bits per heavy atom. The summed E-state index contributed by atoms with van der Waals surface area (Å²) >= 11 is 0. The Morgan fingerprint density at radius 3 is 2.92 bits per heavy atom. The molecule has 0 atom stereocenters. The Balaban J connectivity index is 2.31. The van der Waals surface area contributed by atoms with E-state index in [4.69, 9.17) is 4.42 Å². The molecule has 1 aromatic heterocycles. The standard InChI is InChI=1S/C10H18N2O/c1-3-5-9-7-12-10(13-9)8-11-6-4-2/h7,11H,3-6,8H2,1-2H3. The van der Waals surface area contributed by atoms with Crippen molar-refractivity contribution < 1.29 is 4.42 Å². The molecule has 0 bridgehead atoms. The molecule has 3 heteroatoms. The highest BCUT2D eigenvalue weighted by molar-refractivity contribution is 4.93. The van der Waals surface area contributed by atoms with Crippen molar-refractivity contribution in [3.05, 3.63) is 17.8 Å². The highest BCUT2D eigenvalue weighted by Gasteiger charge is 2.01.